The van der Waals surface area contributed by atoms with E-state index in [1.165, 1.54) is 0 Å². The molecule has 108 valence electrons. The Hall–Kier alpha value is -0.880. The minimum atomic E-state index is -0.173. The zero-order valence-electron chi connectivity index (χ0n) is 11.7. The number of rotatable bonds is 4. The Morgan fingerprint density at radius 1 is 1.40 bits per heavy atom. The first-order valence-electron chi connectivity index (χ1n) is 6.40. The second-order valence-corrected chi connectivity index (χ2v) is 6.31. The minimum Gasteiger partial charge on any atom is -0.271 e. The van der Waals surface area contributed by atoms with Gasteiger partial charge in [0.2, 0.25) is 0 Å². The van der Waals surface area contributed by atoms with Gasteiger partial charge >= 0.3 is 0 Å². The molecule has 1 atom stereocenters. The highest BCUT2D eigenvalue weighted by molar-refractivity contribution is 9.10. The Labute approximate surface area is 132 Å². The van der Waals surface area contributed by atoms with Gasteiger partial charge in [-0.15, -0.1) is 0 Å². The molecule has 2 rings (SSSR count). The first-order valence-corrected chi connectivity index (χ1v) is 7.58. The highest BCUT2D eigenvalue weighted by atomic mass is 79.9. The van der Waals surface area contributed by atoms with Gasteiger partial charge in [-0.2, -0.15) is 5.10 Å². The van der Waals surface area contributed by atoms with Gasteiger partial charge in [-0.25, -0.2) is 5.43 Å². The van der Waals surface area contributed by atoms with E-state index >= 15 is 0 Å². The van der Waals surface area contributed by atoms with Gasteiger partial charge in [-0.3, -0.25) is 10.5 Å². The number of nitrogens with two attached hydrogens (primary N) is 1. The summed E-state index contributed by atoms with van der Waals surface area (Å²) in [6.07, 6.45) is 1.79. The number of aryl methyl sites for hydroxylation is 1. The molecule has 0 aliphatic carbocycles. The smallest absolute Gasteiger partial charge is 0.0893 e. The molecule has 1 aromatic carbocycles. The van der Waals surface area contributed by atoms with E-state index < -0.39 is 0 Å². The summed E-state index contributed by atoms with van der Waals surface area (Å²) in [6, 6.07) is 5.87. The number of hydrazine groups is 1. The predicted molar refractivity (Wildman–Crippen MR) is 85.7 cm³/mol. The quantitative estimate of drug-likeness (QED) is 0.647. The fraction of sp³-hybridized carbons (Fsp3) is 0.357. The van der Waals surface area contributed by atoms with Crippen LogP contribution in [0.4, 0.5) is 0 Å². The van der Waals surface area contributed by atoms with Crippen LogP contribution in [0.25, 0.3) is 0 Å². The monoisotopic (exact) mass is 356 g/mol. The standard InChI is InChI=1S/C14H18BrClN4/c1-8(2)20-14(12(15)7-18-20)13(19-17)11-6-10(16)5-4-9(11)3/h4-8,13,19H,17H2,1-3H3. The van der Waals surface area contributed by atoms with Gasteiger partial charge < -0.3 is 0 Å². The van der Waals surface area contributed by atoms with Crippen molar-refractivity contribution in [2.24, 2.45) is 5.84 Å². The normalized spacial score (nSPS) is 12.9. The number of halogens is 2. The van der Waals surface area contributed by atoms with Crippen LogP contribution in [-0.4, -0.2) is 9.78 Å². The third kappa shape index (κ3) is 2.91. The number of hydrogen-bond acceptors (Lipinski definition) is 3. The number of benzene rings is 1. The molecule has 0 saturated carbocycles. The van der Waals surface area contributed by atoms with Crippen molar-refractivity contribution in [2.45, 2.75) is 32.9 Å². The molecule has 0 spiro atoms. The molecule has 0 amide bonds. The zero-order chi connectivity index (χ0) is 14.9. The maximum atomic E-state index is 6.12. The third-order valence-electron chi connectivity index (χ3n) is 3.27. The maximum Gasteiger partial charge on any atom is 0.0893 e. The lowest BCUT2D eigenvalue weighted by molar-refractivity contribution is 0.474. The minimum absolute atomic E-state index is 0.173. The summed E-state index contributed by atoms with van der Waals surface area (Å²) in [7, 11) is 0. The van der Waals surface area contributed by atoms with Crippen LogP contribution >= 0.6 is 27.5 Å². The molecule has 4 nitrogen and oxygen atoms in total. The molecular weight excluding hydrogens is 340 g/mol. The lowest BCUT2D eigenvalue weighted by atomic mass is 9.99. The Morgan fingerprint density at radius 2 is 2.10 bits per heavy atom. The number of aromatic nitrogens is 2. The van der Waals surface area contributed by atoms with Crippen LogP contribution in [0, 0.1) is 6.92 Å². The van der Waals surface area contributed by atoms with E-state index in [1.54, 1.807) is 6.20 Å². The summed E-state index contributed by atoms with van der Waals surface area (Å²) in [6.45, 7) is 6.21. The molecule has 1 aromatic heterocycles. The molecule has 0 bridgehead atoms. The Kier molecular flexibility index (Phi) is 4.86. The van der Waals surface area contributed by atoms with Crippen molar-refractivity contribution in [1.29, 1.82) is 0 Å². The van der Waals surface area contributed by atoms with E-state index in [2.05, 4.69) is 40.3 Å². The summed E-state index contributed by atoms with van der Waals surface area (Å²) in [5.74, 6) is 5.80. The van der Waals surface area contributed by atoms with Crippen LogP contribution in [0.3, 0.4) is 0 Å². The van der Waals surface area contributed by atoms with Gasteiger partial charge in [-0.1, -0.05) is 17.7 Å². The molecule has 2 aromatic rings. The average Bonchev–Trinajstić information content (AvgIpc) is 2.77. The van der Waals surface area contributed by atoms with Crippen molar-refractivity contribution in [3.05, 3.63) is 50.7 Å². The summed E-state index contributed by atoms with van der Waals surface area (Å²) in [5, 5.41) is 5.10. The zero-order valence-corrected chi connectivity index (χ0v) is 14.0. The highest BCUT2D eigenvalue weighted by Crippen LogP contribution is 2.32. The average molecular weight is 358 g/mol. The SMILES string of the molecule is Cc1ccc(Cl)cc1C(NN)c1c(Br)cnn1C(C)C. The van der Waals surface area contributed by atoms with Crippen molar-refractivity contribution >= 4 is 27.5 Å². The fourth-order valence-electron chi connectivity index (χ4n) is 2.27. The van der Waals surface area contributed by atoms with Gasteiger partial charge in [-0.05, 0) is 60.0 Å². The van der Waals surface area contributed by atoms with E-state index in [4.69, 9.17) is 17.4 Å². The number of nitrogens with one attached hydrogen (secondary N) is 1. The Morgan fingerprint density at radius 3 is 2.70 bits per heavy atom. The number of nitrogens with zero attached hydrogens (tertiary/aromatic N) is 2. The first-order chi connectivity index (χ1) is 9.45. The van der Waals surface area contributed by atoms with E-state index in [9.17, 15) is 0 Å². The largest absolute Gasteiger partial charge is 0.271 e. The summed E-state index contributed by atoms with van der Waals surface area (Å²) in [4.78, 5) is 0. The predicted octanol–water partition coefficient (Wildman–Crippen LogP) is 3.74. The first kappa shape index (κ1) is 15.5. The molecular formula is C14H18BrClN4. The van der Waals surface area contributed by atoms with E-state index in [0.717, 1.165) is 21.3 Å². The summed E-state index contributed by atoms with van der Waals surface area (Å²) in [5.41, 5.74) is 6.04. The van der Waals surface area contributed by atoms with E-state index in [-0.39, 0.29) is 12.1 Å². The van der Waals surface area contributed by atoms with Gasteiger partial charge in [0, 0.05) is 11.1 Å². The van der Waals surface area contributed by atoms with E-state index in [0.29, 0.717) is 5.02 Å². The lowest BCUT2D eigenvalue weighted by Gasteiger charge is -2.22. The molecule has 20 heavy (non-hydrogen) atoms. The van der Waals surface area contributed by atoms with Crippen LogP contribution in [0.5, 0.6) is 0 Å². The molecule has 0 aliphatic rings. The number of hydrogen-bond donors (Lipinski definition) is 2. The maximum absolute atomic E-state index is 6.12. The van der Waals surface area contributed by atoms with Crippen LogP contribution in [-0.2, 0) is 0 Å². The van der Waals surface area contributed by atoms with Crippen molar-refractivity contribution in [3.63, 3.8) is 0 Å². The van der Waals surface area contributed by atoms with Gasteiger partial charge in [0.15, 0.2) is 0 Å². The second kappa shape index (κ2) is 6.26. The van der Waals surface area contributed by atoms with Crippen LogP contribution < -0.4 is 11.3 Å². The van der Waals surface area contributed by atoms with Crippen molar-refractivity contribution in [3.8, 4) is 0 Å². The fourth-order valence-corrected chi connectivity index (χ4v) is 2.95. The summed E-state index contributed by atoms with van der Waals surface area (Å²) >= 11 is 9.67. The van der Waals surface area contributed by atoms with Gasteiger partial charge in [0.25, 0.3) is 0 Å². The third-order valence-corrected chi connectivity index (χ3v) is 4.11. The Bertz CT molecular complexity index is 609. The molecule has 3 N–H and O–H groups in total. The lowest BCUT2D eigenvalue weighted by Crippen LogP contribution is -2.32. The molecule has 1 unspecified atom stereocenters. The molecule has 6 heteroatoms. The van der Waals surface area contributed by atoms with Crippen LogP contribution in [0.2, 0.25) is 5.02 Å². The van der Waals surface area contributed by atoms with Gasteiger partial charge in [0.1, 0.15) is 0 Å². The van der Waals surface area contributed by atoms with Crippen LogP contribution in [0.1, 0.15) is 42.8 Å². The van der Waals surface area contributed by atoms with Crippen molar-refractivity contribution in [2.75, 3.05) is 0 Å². The van der Waals surface area contributed by atoms with Crippen molar-refractivity contribution < 1.29 is 0 Å². The second-order valence-electron chi connectivity index (χ2n) is 5.02. The Balaban J connectivity index is 2.58. The summed E-state index contributed by atoms with van der Waals surface area (Å²) < 4.78 is 2.88. The van der Waals surface area contributed by atoms with Crippen LogP contribution in [0.15, 0.2) is 28.9 Å². The molecule has 1 heterocycles. The molecule has 0 saturated heterocycles. The van der Waals surface area contributed by atoms with Gasteiger partial charge in [0.05, 0.1) is 22.4 Å². The molecule has 0 radical (unpaired) electrons. The highest BCUT2D eigenvalue weighted by Gasteiger charge is 2.23. The topological polar surface area (TPSA) is 55.9 Å². The van der Waals surface area contributed by atoms with E-state index in [1.807, 2.05) is 29.8 Å². The molecule has 0 fully saturated rings. The van der Waals surface area contributed by atoms with Crippen molar-refractivity contribution in [1.82, 2.24) is 15.2 Å². The molecule has 0 aliphatic heterocycles.